The molecule has 1 aliphatic rings. The Morgan fingerprint density at radius 2 is 2.19 bits per heavy atom. The zero-order valence-electron chi connectivity index (χ0n) is 10.1. The van der Waals surface area contributed by atoms with Gasteiger partial charge >= 0.3 is 0 Å². The summed E-state index contributed by atoms with van der Waals surface area (Å²) >= 11 is 0. The third-order valence-electron chi connectivity index (χ3n) is 3.26. The maximum Gasteiger partial charge on any atom is 0.126 e. The first-order valence-corrected chi connectivity index (χ1v) is 6.02. The molecule has 1 saturated heterocycles. The van der Waals surface area contributed by atoms with Crippen molar-refractivity contribution in [2.75, 3.05) is 18.5 Å². The van der Waals surface area contributed by atoms with Gasteiger partial charge in [0.2, 0.25) is 0 Å². The van der Waals surface area contributed by atoms with Crippen molar-refractivity contribution in [1.82, 2.24) is 4.98 Å². The number of ether oxygens (including phenoxy) is 1. The van der Waals surface area contributed by atoms with Crippen LogP contribution in [0.1, 0.15) is 25.3 Å². The van der Waals surface area contributed by atoms with E-state index in [0.29, 0.717) is 12.0 Å². The third-order valence-corrected chi connectivity index (χ3v) is 3.26. The Morgan fingerprint density at radius 3 is 2.88 bits per heavy atom. The van der Waals surface area contributed by atoms with Gasteiger partial charge in [-0.05, 0) is 50.3 Å². The molecule has 16 heavy (non-hydrogen) atoms. The van der Waals surface area contributed by atoms with Crippen molar-refractivity contribution < 1.29 is 4.74 Å². The predicted octanol–water partition coefficient (Wildman–Crippen LogP) is 2.62. The van der Waals surface area contributed by atoms with Crippen molar-refractivity contribution in [1.29, 1.82) is 0 Å². The van der Waals surface area contributed by atoms with Crippen molar-refractivity contribution in [3.63, 3.8) is 0 Å². The van der Waals surface area contributed by atoms with Gasteiger partial charge in [0, 0.05) is 25.5 Å². The van der Waals surface area contributed by atoms with E-state index in [2.05, 4.69) is 30.2 Å². The first-order valence-electron chi connectivity index (χ1n) is 6.02. The average molecular weight is 220 g/mol. The van der Waals surface area contributed by atoms with E-state index in [9.17, 15) is 0 Å². The fraction of sp³-hybridized carbons (Fsp3) is 0.615. The van der Waals surface area contributed by atoms with Crippen molar-refractivity contribution in [3.05, 3.63) is 23.9 Å². The van der Waals surface area contributed by atoms with E-state index in [-0.39, 0.29) is 0 Å². The minimum atomic E-state index is 0.471. The Morgan fingerprint density at radius 1 is 1.44 bits per heavy atom. The fourth-order valence-corrected chi connectivity index (χ4v) is 2.18. The van der Waals surface area contributed by atoms with Gasteiger partial charge in [-0.3, -0.25) is 0 Å². The third kappa shape index (κ3) is 2.95. The summed E-state index contributed by atoms with van der Waals surface area (Å²) in [7, 11) is 0. The molecule has 1 N–H and O–H groups in total. The molecule has 3 heteroatoms. The van der Waals surface area contributed by atoms with Crippen LogP contribution in [0.5, 0.6) is 0 Å². The summed E-state index contributed by atoms with van der Waals surface area (Å²) < 4.78 is 5.38. The number of aryl methyl sites for hydroxylation is 1. The summed E-state index contributed by atoms with van der Waals surface area (Å²) in [6.45, 7) is 6.13. The number of pyridine rings is 1. The largest absolute Gasteiger partial charge is 0.381 e. The Bertz CT molecular complexity index is 334. The maximum absolute atomic E-state index is 5.38. The molecule has 3 nitrogen and oxygen atoms in total. The number of anilines is 1. The summed E-state index contributed by atoms with van der Waals surface area (Å²) in [6.07, 6.45) is 4.16. The second kappa shape index (κ2) is 5.30. The molecule has 0 radical (unpaired) electrons. The summed E-state index contributed by atoms with van der Waals surface area (Å²) in [5, 5.41) is 3.49. The average Bonchev–Trinajstić information content (AvgIpc) is 2.30. The quantitative estimate of drug-likeness (QED) is 0.850. The number of nitrogens with one attached hydrogen (secondary N) is 1. The van der Waals surface area contributed by atoms with Crippen LogP contribution in [0.25, 0.3) is 0 Å². The lowest BCUT2D eigenvalue weighted by Crippen LogP contribution is -2.31. The number of hydrogen-bond donors (Lipinski definition) is 1. The van der Waals surface area contributed by atoms with Crippen LogP contribution in [-0.4, -0.2) is 24.2 Å². The Labute approximate surface area is 97.2 Å². The van der Waals surface area contributed by atoms with E-state index >= 15 is 0 Å². The van der Waals surface area contributed by atoms with Gasteiger partial charge in [0.05, 0.1) is 0 Å². The monoisotopic (exact) mass is 220 g/mol. The van der Waals surface area contributed by atoms with Crippen LogP contribution >= 0.6 is 0 Å². The van der Waals surface area contributed by atoms with Crippen molar-refractivity contribution >= 4 is 5.82 Å². The number of rotatable bonds is 3. The number of nitrogens with zero attached hydrogens (tertiary/aromatic N) is 1. The van der Waals surface area contributed by atoms with Gasteiger partial charge in [0.25, 0.3) is 0 Å². The van der Waals surface area contributed by atoms with E-state index in [0.717, 1.165) is 31.9 Å². The molecular formula is C13H20N2O. The molecule has 1 aliphatic heterocycles. The second-order valence-electron chi connectivity index (χ2n) is 4.60. The molecule has 0 bridgehead atoms. The number of hydrogen-bond acceptors (Lipinski definition) is 3. The van der Waals surface area contributed by atoms with E-state index in [1.54, 1.807) is 0 Å². The zero-order valence-corrected chi connectivity index (χ0v) is 10.1. The lowest BCUT2D eigenvalue weighted by molar-refractivity contribution is 0.0622. The molecule has 1 aromatic rings. The molecule has 0 aliphatic carbocycles. The van der Waals surface area contributed by atoms with Crippen LogP contribution in [-0.2, 0) is 4.74 Å². The summed E-state index contributed by atoms with van der Waals surface area (Å²) in [4.78, 5) is 4.33. The van der Waals surface area contributed by atoms with Crippen molar-refractivity contribution in [2.24, 2.45) is 5.92 Å². The highest BCUT2D eigenvalue weighted by molar-refractivity contribution is 5.37. The lowest BCUT2D eigenvalue weighted by atomic mass is 9.93. The zero-order chi connectivity index (χ0) is 11.4. The molecule has 2 rings (SSSR count). The summed E-state index contributed by atoms with van der Waals surface area (Å²) in [6, 6.07) is 4.58. The molecule has 1 unspecified atom stereocenters. The molecule has 1 atom stereocenters. The molecule has 88 valence electrons. The van der Waals surface area contributed by atoms with Crippen LogP contribution in [0.15, 0.2) is 18.3 Å². The lowest BCUT2D eigenvalue weighted by Gasteiger charge is -2.28. The highest BCUT2D eigenvalue weighted by Crippen LogP contribution is 2.21. The molecule has 0 saturated carbocycles. The van der Waals surface area contributed by atoms with Crippen LogP contribution in [0.3, 0.4) is 0 Å². The molecule has 0 aromatic carbocycles. The van der Waals surface area contributed by atoms with Gasteiger partial charge in [-0.25, -0.2) is 4.98 Å². The van der Waals surface area contributed by atoms with Gasteiger partial charge in [-0.1, -0.05) is 0 Å². The highest BCUT2D eigenvalue weighted by Gasteiger charge is 2.20. The predicted molar refractivity (Wildman–Crippen MR) is 65.6 cm³/mol. The van der Waals surface area contributed by atoms with Crippen LogP contribution in [0.4, 0.5) is 5.82 Å². The number of aromatic nitrogens is 1. The fourth-order valence-electron chi connectivity index (χ4n) is 2.18. The van der Waals surface area contributed by atoms with Crippen LogP contribution < -0.4 is 5.32 Å². The first kappa shape index (κ1) is 11.4. The molecular weight excluding hydrogens is 200 g/mol. The smallest absolute Gasteiger partial charge is 0.126 e. The van der Waals surface area contributed by atoms with Gasteiger partial charge in [-0.2, -0.15) is 0 Å². The minimum absolute atomic E-state index is 0.471. The van der Waals surface area contributed by atoms with E-state index < -0.39 is 0 Å². The van der Waals surface area contributed by atoms with Gasteiger partial charge in [-0.15, -0.1) is 0 Å². The van der Waals surface area contributed by atoms with Gasteiger partial charge < -0.3 is 10.1 Å². The molecule has 2 heterocycles. The van der Waals surface area contributed by atoms with E-state index in [1.165, 1.54) is 5.56 Å². The SMILES string of the molecule is Cc1ccnc(NC(C)C2CCOCC2)c1. The summed E-state index contributed by atoms with van der Waals surface area (Å²) in [5.74, 6) is 1.69. The van der Waals surface area contributed by atoms with E-state index in [4.69, 9.17) is 4.74 Å². The standard InChI is InChI=1S/C13H20N2O/c1-10-3-6-14-13(9-10)15-11(2)12-4-7-16-8-5-12/h3,6,9,11-12H,4-5,7-8H2,1-2H3,(H,14,15). The highest BCUT2D eigenvalue weighted by atomic mass is 16.5. The van der Waals surface area contributed by atoms with Crippen molar-refractivity contribution in [3.8, 4) is 0 Å². The molecule has 0 spiro atoms. The Kier molecular flexibility index (Phi) is 3.78. The summed E-state index contributed by atoms with van der Waals surface area (Å²) in [5.41, 5.74) is 1.25. The second-order valence-corrected chi connectivity index (χ2v) is 4.60. The Balaban J connectivity index is 1.93. The first-order chi connectivity index (χ1) is 7.75. The normalized spacial score (nSPS) is 19.4. The minimum Gasteiger partial charge on any atom is -0.381 e. The topological polar surface area (TPSA) is 34.2 Å². The van der Waals surface area contributed by atoms with Gasteiger partial charge in [0.15, 0.2) is 0 Å². The Hall–Kier alpha value is -1.09. The van der Waals surface area contributed by atoms with Gasteiger partial charge in [0.1, 0.15) is 5.82 Å². The van der Waals surface area contributed by atoms with E-state index in [1.807, 2.05) is 12.3 Å². The molecule has 0 amide bonds. The molecule has 1 aromatic heterocycles. The van der Waals surface area contributed by atoms with Crippen LogP contribution in [0.2, 0.25) is 0 Å². The van der Waals surface area contributed by atoms with Crippen LogP contribution in [0, 0.1) is 12.8 Å². The maximum atomic E-state index is 5.38. The molecule has 1 fully saturated rings. The van der Waals surface area contributed by atoms with Crippen molar-refractivity contribution in [2.45, 2.75) is 32.7 Å².